The zero-order valence-electron chi connectivity index (χ0n) is 9.05. The third-order valence-corrected chi connectivity index (χ3v) is 3.78. The highest BCUT2D eigenvalue weighted by Gasteiger charge is 2.12. The summed E-state index contributed by atoms with van der Waals surface area (Å²) in [7, 11) is 1.74. The van der Waals surface area contributed by atoms with Crippen molar-refractivity contribution in [2.75, 3.05) is 45.6 Å². The zero-order chi connectivity index (χ0) is 10.1. The third-order valence-electron chi connectivity index (χ3n) is 2.40. The van der Waals surface area contributed by atoms with Crippen LogP contribution in [-0.2, 0) is 4.74 Å². The van der Waals surface area contributed by atoms with Crippen molar-refractivity contribution in [3.63, 3.8) is 0 Å². The molecule has 1 rings (SSSR count). The summed E-state index contributed by atoms with van der Waals surface area (Å²) < 4.78 is 4.96. The summed E-state index contributed by atoms with van der Waals surface area (Å²) in [5, 5.41) is 7.64. The molecule has 2 N–H and O–H groups in total. The van der Waals surface area contributed by atoms with Crippen LogP contribution < -0.4 is 10.6 Å². The van der Waals surface area contributed by atoms with Crippen molar-refractivity contribution in [1.29, 1.82) is 0 Å². The Kier molecular flexibility index (Phi) is 7.50. The van der Waals surface area contributed by atoms with Crippen molar-refractivity contribution in [2.24, 2.45) is 0 Å². The summed E-state index contributed by atoms with van der Waals surface area (Å²) in [4.78, 5) is 0. The van der Waals surface area contributed by atoms with Gasteiger partial charge in [0.15, 0.2) is 0 Å². The van der Waals surface area contributed by atoms with Gasteiger partial charge in [-0.25, -0.2) is 0 Å². The van der Waals surface area contributed by atoms with E-state index < -0.39 is 0 Å². The molecular weight excluding hydrogens is 196 g/mol. The van der Waals surface area contributed by atoms with E-state index in [1.807, 2.05) is 0 Å². The zero-order valence-corrected chi connectivity index (χ0v) is 9.87. The minimum absolute atomic E-state index is 0.817. The summed E-state index contributed by atoms with van der Waals surface area (Å²) in [5.74, 6) is 1.23. The molecule has 1 aliphatic heterocycles. The molecule has 14 heavy (non-hydrogen) atoms. The molecule has 0 bridgehead atoms. The maximum atomic E-state index is 4.96. The fraction of sp³-hybridized carbons (Fsp3) is 1.00. The second kappa shape index (κ2) is 8.53. The van der Waals surface area contributed by atoms with Gasteiger partial charge in [0.25, 0.3) is 0 Å². The third kappa shape index (κ3) is 5.86. The number of hydrogen-bond acceptors (Lipinski definition) is 4. The minimum Gasteiger partial charge on any atom is -0.383 e. The minimum atomic E-state index is 0.817. The lowest BCUT2D eigenvalue weighted by Gasteiger charge is -2.21. The molecule has 1 fully saturated rings. The van der Waals surface area contributed by atoms with Gasteiger partial charge in [0.1, 0.15) is 0 Å². The summed E-state index contributed by atoms with van der Waals surface area (Å²) >= 11 is 2.11. The number of rotatable bonds is 7. The first-order valence-corrected chi connectivity index (χ1v) is 6.50. The quantitative estimate of drug-likeness (QED) is 0.617. The Bertz CT molecular complexity index is 129. The Labute approximate surface area is 91.4 Å². The molecule has 0 atom stereocenters. The van der Waals surface area contributed by atoms with E-state index in [9.17, 15) is 0 Å². The molecule has 0 unspecified atom stereocenters. The molecule has 1 aliphatic rings. The van der Waals surface area contributed by atoms with E-state index in [-0.39, 0.29) is 0 Å². The normalized spacial score (nSPS) is 18.6. The van der Waals surface area contributed by atoms with Gasteiger partial charge in [-0.15, -0.1) is 0 Å². The first kappa shape index (κ1) is 12.3. The van der Waals surface area contributed by atoms with Crippen molar-refractivity contribution in [3.8, 4) is 0 Å². The molecule has 0 radical (unpaired) electrons. The molecule has 84 valence electrons. The van der Waals surface area contributed by atoms with Gasteiger partial charge in [0, 0.05) is 31.2 Å². The molecule has 0 aromatic carbocycles. The largest absolute Gasteiger partial charge is 0.383 e. The Hall–Kier alpha value is 0.230. The van der Waals surface area contributed by atoms with Crippen molar-refractivity contribution >= 4 is 11.8 Å². The van der Waals surface area contributed by atoms with E-state index >= 15 is 0 Å². The van der Waals surface area contributed by atoms with Gasteiger partial charge < -0.3 is 15.4 Å². The van der Waals surface area contributed by atoms with Gasteiger partial charge in [-0.1, -0.05) is 0 Å². The lowest BCUT2D eigenvalue weighted by Crippen LogP contribution is -2.30. The van der Waals surface area contributed by atoms with Gasteiger partial charge in [-0.3, -0.25) is 0 Å². The first-order valence-electron chi connectivity index (χ1n) is 5.45. The molecule has 0 aromatic rings. The van der Waals surface area contributed by atoms with Crippen LogP contribution in [0.1, 0.15) is 12.8 Å². The summed E-state index contributed by atoms with van der Waals surface area (Å²) in [6.45, 7) is 5.31. The number of hydrogen-bond donors (Lipinski definition) is 2. The van der Waals surface area contributed by atoms with Crippen LogP contribution in [0.5, 0.6) is 0 Å². The number of thioether (sulfide) groups is 1. The Morgan fingerprint density at radius 3 is 2.86 bits per heavy atom. The van der Waals surface area contributed by atoms with Crippen LogP contribution in [0.2, 0.25) is 0 Å². The summed E-state index contributed by atoms with van der Waals surface area (Å²) in [6, 6.07) is 0. The highest BCUT2D eigenvalue weighted by molar-refractivity contribution is 7.99. The van der Waals surface area contributed by atoms with E-state index in [0.717, 1.165) is 24.9 Å². The van der Waals surface area contributed by atoms with Crippen LogP contribution in [-0.4, -0.2) is 50.9 Å². The summed E-state index contributed by atoms with van der Waals surface area (Å²) in [6.07, 6.45) is 2.67. The maximum absolute atomic E-state index is 4.96. The molecule has 0 spiro atoms. The van der Waals surface area contributed by atoms with E-state index in [1.165, 1.54) is 31.7 Å². The Morgan fingerprint density at radius 2 is 2.14 bits per heavy atom. The Morgan fingerprint density at radius 1 is 1.36 bits per heavy atom. The highest BCUT2D eigenvalue weighted by atomic mass is 32.2. The number of ether oxygens (including phenoxy) is 1. The molecule has 0 saturated carbocycles. The fourth-order valence-corrected chi connectivity index (χ4v) is 2.72. The van der Waals surface area contributed by atoms with Crippen LogP contribution in [0.4, 0.5) is 0 Å². The van der Waals surface area contributed by atoms with E-state index in [0.29, 0.717) is 0 Å². The van der Waals surface area contributed by atoms with Gasteiger partial charge in [-0.05, 0) is 25.9 Å². The lowest BCUT2D eigenvalue weighted by molar-refractivity contribution is 0.200. The van der Waals surface area contributed by atoms with Crippen LogP contribution in [0.3, 0.4) is 0 Å². The predicted molar refractivity (Wildman–Crippen MR) is 63.1 cm³/mol. The standard InChI is InChI=1S/C10H22N2OS/c1-13-8-6-12-7-9-14-10-2-4-11-5-3-10/h10-12H,2-9H2,1H3. The molecule has 3 nitrogen and oxygen atoms in total. The van der Waals surface area contributed by atoms with Crippen molar-refractivity contribution in [1.82, 2.24) is 10.6 Å². The first-order chi connectivity index (χ1) is 6.93. The second-order valence-electron chi connectivity index (χ2n) is 3.56. The average molecular weight is 218 g/mol. The Balaban J connectivity index is 1.82. The molecule has 4 heteroatoms. The monoisotopic (exact) mass is 218 g/mol. The number of nitrogens with one attached hydrogen (secondary N) is 2. The van der Waals surface area contributed by atoms with Crippen molar-refractivity contribution in [2.45, 2.75) is 18.1 Å². The molecular formula is C10H22N2OS. The van der Waals surface area contributed by atoms with Crippen molar-refractivity contribution < 1.29 is 4.74 Å². The average Bonchev–Trinajstić information content (AvgIpc) is 2.25. The van der Waals surface area contributed by atoms with Crippen LogP contribution >= 0.6 is 11.8 Å². The van der Waals surface area contributed by atoms with Gasteiger partial charge in [-0.2, -0.15) is 11.8 Å². The number of piperidine rings is 1. The van der Waals surface area contributed by atoms with E-state index in [2.05, 4.69) is 22.4 Å². The summed E-state index contributed by atoms with van der Waals surface area (Å²) in [5.41, 5.74) is 0. The van der Waals surface area contributed by atoms with Gasteiger partial charge >= 0.3 is 0 Å². The van der Waals surface area contributed by atoms with Gasteiger partial charge in [0.05, 0.1) is 6.61 Å². The molecule has 1 heterocycles. The van der Waals surface area contributed by atoms with E-state index in [4.69, 9.17) is 4.74 Å². The fourth-order valence-electron chi connectivity index (χ4n) is 1.56. The molecule has 0 aliphatic carbocycles. The molecule has 0 aromatic heterocycles. The second-order valence-corrected chi connectivity index (χ2v) is 4.97. The highest BCUT2D eigenvalue weighted by Crippen LogP contribution is 2.19. The van der Waals surface area contributed by atoms with Crippen LogP contribution in [0.15, 0.2) is 0 Å². The predicted octanol–water partition coefficient (Wildman–Crippen LogP) is 0.708. The smallest absolute Gasteiger partial charge is 0.0587 e. The van der Waals surface area contributed by atoms with Crippen LogP contribution in [0.25, 0.3) is 0 Å². The topological polar surface area (TPSA) is 33.3 Å². The van der Waals surface area contributed by atoms with Crippen molar-refractivity contribution in [3.05, 3.63) is 0 Å². The molecule has 1 saturated heterocycles. The molecule has 0 amide bonds. The SMILES string of the molecule is COCCNCCSC1CCNCC1. The number of methoxy groups -OCH3 is 1. The van der Waals surface area contributed by atoms with Gasteiger partial charge in [0.2, 0.25) is 0 Å². The van der Waals surface area contributed by atoms with Crippen LogP contribution in [0, 0.1) is 0 Å². The lowest BCUT2D eigenvalue weighted by atomic mass is 10.2. The van der Waals surface area contributed by atoms with E-state index in [1.54, 1.807) is 7.11 Å². The maximum Gasteiger partial charge on any atom is 0.0587 e.